The van der Waals surface area contributed by atoms with E-state index in [4.69, 9.17) is 11.6 Å². The number of fused-ring (bicyclic) bond motifs is 2. The molecule has 5 rings (SSSR count). The molecular weight excluding hydrogens is 460 g/mol. The second-order valence-electron chi connectivity index (χ2n) is 11.0. The third kappa shape index (κ3) is 4.84. The molecule has 5 atom stereocenters. The molecule has 0 spiro atoms. The van der Waals surface area contributed by atoms with Gasteiger partial charge in [-0.25, -0.2) is 8.42 Å². The van der Waals surface area contributed by atoms with Crippen LogP contribution in [0.5, 0.6) is 0 Å². The van der Waals surface area contributed by atoms with Crippen LogP contribution in [0.2, 0.25) is 5.02 Å². The molecule has 3 aliphatic carbocycles. The zero-order valence-corrected chi connectivity index (χ0v) is 20.7. The quantitative estimate of drug-likeness (QED) is 0.626. The lowest BCUT2D eigenvalue weighted by Crippen LogP contribution is -2.49. The summed E-state index contributed by atoms with van der Waals surface area (Å²) >= 11 is 5.88. The fourth-order valence-corrected chi connectivity index (χ4v) is 8.96. The summed E-state index contributed by atoms with van der Waals surface area (Å²) in [6.45, 7) is 0.696. The second kappa shape index (κ2) is 9.14. The number of amides is 1. The van der Waals surface area contributed by atoms with Crippen LogP contribution < -0.4 is 5.32 Å². The van der Waals surface area contributed by atoms with Gasteiger partial charge in [0.1, 0.15) is 6.10 Å². The molecule has 0 aromatic heterocycles. The lowest BCUT2D eigenvalue weighted by atomic mass is 9.67. The van der Waals surface area contributed by atoms with Crippen molar-refractivity contribution in [2.75, 3.05) is 13.1 Å². The van der Waals surface area contributed by atoms with E-state index >= 15 is 0 Å². The molecule has 4 aliphatic rings. The average Bonchev–Trinajstić information content (AvgIpc) is 2.93. The molecule has 33 heavy (non-hydrogen) atoms. The molecule has 1 heterocycles. The molecule has 4 fully saturated rings. The maximum absolute atomic E-state index is 12.9. The van der Waals surface area contributed by atoms with E-state index in [1.165, 1.54) is 61.4 Å². The third-order valence-corrected chi connectivity index (χ3v) is 10.9. The average molecular weight is 495 g/mol. The van der Waals surface area contributed by atoms with Crippen molar-refractivity contribution >= 4 is 27.5 Å². The summed E-state index contributed by atoms with van der Waals surface area (Å²) in [6, 6.07) is 6.09. The minimum Gasteiger partial charge on any atom is -0.383 e. The Morgan fingerprint density at radius 1 is 1.09 bits per heavy atom. The minimum atomic E-state index is -3.57. The molecule has 1 aromatic carbocycles. The van der Waals surface area contributed by atoms with Crippen molar-refractivity contribution in [3.63, 3.8) is 0 Å². The number of aliphatic hydroxyl groups is 1. The first kappa shape index (κ1) is 23.6. The summed E-state index contributed by atoms with van der Waals surface area (Å²) in [5.41, 5.74) is 0.144. The third-order valence-electron chi connectivity index (χ3n) is 8.78. The van der Waals surface area contributed by atoms with Gasteiger partial charge in [-0.05, 0) is 92.4 Å². The van der Waals surface area contributed by atoms with Crippen LogP contribution in [0.15, 0.2) is 29.2 Å². The summed E-state index contributed by atoms with van der Waals surface area (Å²) in [5, 5.41) is 14.3. The van der Waals surface area contributed by atoms with E-state index in [-0.39, 0.29) is 22.3 Å². The fraction of sp³-hybridized carbons (Fsp3) is 0.720. The van der Waals surface area contributed by atoms with Crippen molar-refractivity contribution in [3.05, 3.63) is 29.3 Å². The van der Waals surface area contributed by atoms with E-state index in [0.717, 1.165) is 17.8 Å². The van der Waals surface area contributed by atoms with Gasteiger partial charge in [0.25, 0.3) is 0 Å². The van der Waals surface area contributed by atoms with Crippen LogP contribution in [0.1, 0.15) is 64.2 Å². The molecule has 1 aromatic rings. The van der Waals surface area contributed by atoms with Crippen molar-refractivity contribution in [1.82, 2.24) is 9.62 Å². The highest BCUT2D eigenvalue weighted by molar-refractivity contribution is 7.89. The number of halogens is 1. The lowest BCUT2D eigenvalue weighted by molar-refractivity contribution is -0.132. The van der Waals surface area contributed by atoms with Crippen molar-refractivity contribution in [1.29, 1.82) is 0 Å². The van der Waals surface area contributed by atoms with Gasteiger partial charge in [0.05, 0.1) is 4.90 Å². The molecule has 6 nitrogen and oxygen atoms in total. The Bertz CT molecular complexity index is 973. The number of hydrogen-bond donors (Lipinski definition) is 2. The molecule has 5 unspecified atom stereocenters. The van der Waals surface area contributed by atoms with Gasteiger partial charge in [-0.15, -0.1) is 0 Å². The Morgan fingerprint density at radius 2 is 1.79 bits per heavy atom. The molecular formula is C25H35ClN2O4S. The molecule has 3 saturated carbocycles. The van der Waals surface area contributed by atoms with Crippen LogP contribution in [0.4, 0.5) is 0 Å². The smallest absolute Gasteiger partial charge is 0.249 e. The van der Waals surface area contributed by atoms with E-state index < -0.39 is 16.1 Å². The van der Waals surface area contributed by atoms with Crippen molar-refractivity contribution < 1.29 is 18.3 Å². The zero-order chi connectivity index (χ0) is 23.2. The highest BCUT2D eigenvalue weighted by Gasteiger charge is 2.52. The van der Waals surface area contributed by atoms with Crippen LogP contribution in [0.3, 0.4) is 0 Å². The monoisotopic (exact) mass is 494 g/mol. The standard InChI is InChI=1S/C25H35ClN2O4S/c26-20-4-6-22(7-5-20)33(31,32)28-10-8-21(9-11-28)27-24(30)23(29)16-25-13-17-2-1-3-18(14-25)19(12-17)15-25/h4-7,17-19,21,23,29H,1-3,8-16H2,(H,27,30). The van der Waals surface area contributed by atoms with Gasteiger partial charge in [-0.3, -0.25) is 4.79 Å². The van der Waals surface area contributed by atoms with Crippen LogP contribution in [-0.2, 0) is 14.8 Å². The first-order valence-corrected chi connectivity index (χ1v) is 14.3. The molecule has 2 N–H and O–H groups in total. The van der Waals surface area contributed by atoms with Gasteiger partial charge < -0.3 is 10.4 Å². The molecule has 8 heteroatoms. The van der Waals surface area contributed by atoms with Gasteiger partial charge in [0, 0.05) is 24.2 Å². The number of nitrogens with one attached hydrogen (secondary N) is 1. The summed E-state index contributed by atoms with van der Waals surface area (Å²) in [7, 11) is -3.57. The zero-order valence-electron chi connectivity index (χ0n) is 19.1. The molecule has 1 amide bonds. The number of carbonyl (C=O) groups excluding carboxylic acids is 1. The van der Waals surface area contributed by atoms with Crippen LogP contribution in [-0.4, -0.2) is 49.0 Å². The second-order valence-corrected chi connectivity index (χ2v) is 13.4. The number of nitrogens with zero attached hydrogens (tertiary/aromatic N) is 1. The molecule has 182 valence electrons. The summed E-state index contributed by atoms with van der Waals surface area (Å²) in [5.74, 6) is 2.08. The first-order chi connectivity index (χ1) is 15.7. The predicted molar refractivity (Wildman–Crippen MR) is 127 cm³/mol. The van der Waals surface area contributed by atoms with Gasteiger partial charge in [0.15, 0.2) is 0 Å². The van der Waals surface area contributed by atoms with E-state index in [0.29, 0.717) is 37.4 Å². The Morgan fingerprint density at radius 3 is 2.52 bits per heavy atom. The van der Waals surface area contributed by atoms with Gasteiger partial charge in [0.2, 0.25) is 15.9 Å². The Kier molecular flexibility index (Phi) is 6.53. The van der Waals surface area contributed by atoms with Gasteiger partial charge in [-0.1, -0.05) is 30.9 Å². The van der Waals surface area contributed by atoms with Crippen LogP contribution in [0, 0.1) is 23.2 Å². The van der Waals surface area contributed by atoms with Crippen LogP contribution >= 0.6 is 11.6 Å². The maximum atomic E-state index is 12.9. The molecule has 1 aliphatic heterocycles. The van der Waals surface area contributed by atoms with E-state index in [9.17, 15) is 18.3 Å². The predicted octanol–water partition coefficient (Wildman–Crippen LogP) is 3.97. The Hall–Kier alpha value is -1.15. The largest absolute Gasteiger partial charge is 0.383 e. The summed E-state index contributed by atoms with van der Waals surface area (Å²) < 4.78 is 27.2. The highest BCUT2D eigenvalue weighted by Crippen LogP contribution is 2.61. The minimum absolute atomic E-state index is 0.108. The van der Waals surface area contributed by atoms with E-state index in [1.807, 2.05) is 0 Å². The number of benzene rings is 1. The normalized spacial score (nSPS) is 33.6. The van der Waals surface area contributed by atoms with E-state index in [2.05, 4.69) is 5.32 Å². The Labute approximate surface area is 202 Å². The van der Waals surface area contributed by atoms with Crippen molar-refractivity contribution in [2.24, 2.45) is 23.2 Å². The molecule has 3 bridgehead atoms. The number of piperidine rings is 1. The van der Waals surface area contributed by atoms with E-state index in [1.54, 1.807) is 12.1 Å². The maximum Gasteiger partial charge on any atom is 0.249 e. The van der Waals surface area contributed by atoms with Gasteiger partial charge in [-0.2, -0.15) is 4.31 Å². The summed E-state index contributed by atoms with van der Waals surface area (Å²) in [4.78, 5) is 13.1. The van der Waals surface area contributed by atoms with Crippen LogP contribution in [0.25, 0.3) is 0 Å². The molecule has 1 saturated heterocycles. The number of sulfonamides is 1. The molecule has 0 radical (unpaired) electrons. The van der Waals surface area contributed by atoms with Crippen molar-refractivity contribution in [3.8, 4) is 0 Å². The SMILES string of the molecule is O=C(NC1CCN(S(=O)(=O)c2ccc(Cl)cc2)CC1)C(O)CC12CC3CCCC(C1)C(C3)C2. The number of aliphatic hydroxyl groups excluding tert-OH is 1. The first-order valence-electron chi connectivity index (χ1n) is 12.5. The van der Waals surface area contributed by atoms with Crippen molar-refractivity contribution in [2.45, 2.75) is 81.2 Å². The van der Waals surface area contributed by atoms with Gasteiger partial charge >= 0.3 is 0 Å². The fourth-order valence-electron chi connectivity index (χ4n) is 7.37. The lowest BCUT2D eigenvalue weighted by Gasteiger charge is -2.39. The summed E-state index contributed by atoms with van der Waals surface area (Å²) in [6.07, 6.45) is 9.56. The number of rotatable bonds is 6. The topological polar surface area (TPSA) is 86.7 Å². The number of hydrogen-bond acceptors (Lipinski definition) is 4. The Balaban J connectivity index is 1.14. The highest BCUT2D eigenvalue weighted by atomic mass is 35.5. The number of carbonyl (C=O) groups is 1.